The van der Waals surface area contributed by atoms with E-state index < -0.39 is 12.1 Å². The van der Waals surface area contributed by atoms with Gasteiger partial charge in [-0.05, 0) is 44.0 Å². The van der Waals surface area contributed by atoms with Gasteiger partial charge in [0.2, 0.25) is 5.91 Å². The van der Waals surface area contributed by atoms with E-state index in [0.717, 1.165) is 6.42 Å². The number of rotatable bonds is 8. The van der Waals surface area contributed by atoms with Crippen LogP contribution in [-0.2, 0) is 4.79 Å². The molecule has 4 N–H and O–H groups in total. The van der Waals surface area contributed by atoms with Gasteiger partial charge >= 0.3 is 6.03 Å². The van der Waals surface area contributed by atoms with Gasteiger partial charge in [0.25, 0.3) is 5.91 Å². The molecule has 25 heavy (non-hydrogen) atoms. The summed E-state index contributed by atoms with van der Waals surface area (Å²) < 4.78 is 0. The van der Waals surface area contributed by atoms with E-state index in [9.17, 15) is 14.4 Å². The molecule has 7 nitrogen and oxygen atoms in total. The van der Waals surface area contributed by atoms with Gasteiger partial charge in [-0.1, -0.05) is 20.3 Å². The van der Waals surface area contributed by atoms with E-state index in [0.29, 0.717) is 24.3 Å². The third-order valence-electron chi connectivity index (χ3n) is 4.24. The first-order chi connectivity index (χ1) is 11.8. The van der Waals surface area contributed by atoms with Crippen molar-refractivity contribution >= 4 is 23.5 Å². The van der Waals surface area contributed by atoms with E-state index in [4.69, 9.17) is 5.73 Å². The monoisotopic (exact) mass is 348 g/mol. The molecule has 0 aromatic heterocycles. The zero-order valence-electron chi connectivity index (χ0n) is 15.3. The molecule has 1 rings (SSSR count). The fourth-order valence-electron chi connectivity index (χ4n) is 2.46. The van der Waals surface area contributed by atoms with Crippen molar-refractivity contribution in [2.24, 2.45) is 11.7 Å². The van der Waals surface area contributed by atoms with E-state index in [1.807, 2.05) is 27.7 Å². The molecule has 0 aliphatic carbocycles. The number of anilines is 1. The molecule has 0 spiro atoms. The zero-order valence-corrected chi connectivity index (χ0v) is 15.3. The maximum atomic E-state index is 12.4. The second kappa shape index (κ2) is 9.66. The number of nitrogens with zero attached hydrogens (tertiary/aromatic N) is 1. The van der Waals surface area contributed by atoms with Gasteiger partial charge in [0, 0.05) is 24.3 Å². The molecule has 0 aliphatic heterocycles. The van der Waals surface area contributed by atoms with Crippen molar-refractivity contribution in [3.05, 3.63) is 29.8 Å². The second-order valence-corrected chi connectivity index (χ2v) is 5.92. The number of carbonyl (C=O) groups is 3. The number of benzene rings is 1. The first kappa shape index (κ1) is 20.5. The molecule has 7 heteroatoms. The zero-order chi connectivity index (χ0) is 19.0. The number of urea groups is 1. The van der Waals surface area contributed by atoms with Gasteiger partial charge in [0.05, 0.1) is 0 Å². The number of nitrogens with one attached hydrogen (secondary N) is 2. The van der Waals surface area contributed by atoms with Crippen LogP contribution in [0.15, 0.2) is 24.3 Å². The van der Waals surface area contributed by atoms with Crippen LogP contribution >= 0.6 is 0 Å². The lowest BCUT2D eigenvalue weighted by Crippen LogP contribution is -2.49. The first-order valence-corrected chi connectivity index (χ1v) is 8.60. The second-order valence-electron chi connectivity index (χ2n) is 5.92. The molecule has 0 fully saturated rings. The Morgan fingerprint density at radius 1 is 1.08 bits per heavy atom. The van der Waals surface area contributed by atoms with Crippen molar-refractivity contribution in [3.63, 3.8) is 0 Å². The van der Waals surface area contributed by atoms with Crippen LogP contribution in [0.25, 0.3) is 0 Å². The predicted octanol–water partition coefficient (Wildman–Crippen LogP) is 2.19. The van der Waals surface area contributed by atoms with E-state index in [-0.39, 0.29) is 17.7 Å². The summed E-state index contributed by atoms with van der Waals surface area (Å²) >= 11 is 0. The molecule has 1 aromatic carbocycles. The Kier molecular flexibility index (Phi) is 7.91. The van der Waals surface area contributed by atoms with Crippen molar-refractivity contribution < 1.29 is 14.4 Å². The Labute approximate surface area is 148 Å². The molecule has 0 unspecified atom stereocenters. The molecule has 0 bridgehead atoms. The molecular weight excluding hydrogens is 320 g/mol. The van der Waals surface area contributed by atoms with Crippen LogP contribution in [-0.4, -0.2) is 41.9 Å². The molecule has 0 saturated carbocycles. The van der Waals surface area contributed by atoms with Gasteiger partial charge in [-0.2, -0.15) is 0 Å². The lowest BCUT2D eigenvalue weighted by Gasteiger charge is -2.22. The highest BCUT2D eigenvalue weighted by atomic mass is 16.2. The highest BCUT2D eigenvalue weighted by Gasteiger charge is 2.25. The minimum absolute atomic E-state index is 0.0456. The van der Waals surface area contributed by atoms with Crippen molar-refractivity contribution in [2.45, 2.75) is 40.2 Å². The summed E-state index contributed by atoms with van der Waals surface area (Å²) in [6.45, 7) is 8.94. The van der Waals surface area contributed by atoms with Crippen LogP contribution in [0.3, 0.4) is 0 Å². The van der Waals surface area contributed by atoms with Crippen LogP contribution in [0.2, 0.25) is 0 Å². The largest absolute Gasteiger partial charge is 0.352 e. The fraction of sp³-hybridized carbons (Fsp3) is 0.500. The first-order valence-electron chi connectivity index (χ1n) is 8.60. The van der Waals surface area contributed by atoms with Gasteiger partial charge in [-0.3, -0.25) is 9.59 Å². The molecule has 1 aromatic rings. The van der Waals surface area contributed by atoms with Gasteiger partial charge in [0.15, 0.2) is 0 Å². The average Bonchev–Trinajstić information content (AvgIpc) is 2.60. The molecule has 4 amide bonds. The number of carbonyl (C=O) groups excluding carboxylic acids is 3. The Balaban J connectivity index is 2.83. The fourth-order valence-corrected chi connectivity index (χ4v) is 2.46. The van der Waals surface area contributed by atoms with E-state index in [1.165, 1.54) is 0 Å². The Bertz CT molecular complexity index is 597. The quantitative estimate of drug-likeness (QED) is 0.670. The maximum Gasteiger partial charge on any atom is 0.312 e. The summed E-state index contributed by atoms with van der Waals surface area (Å²) in [7, 11) is 0. The van der Waals surface area contributed by atoms with Crippen LogP contribution in [0.4, 0.5) is 10.5 Å². The van der Waals surface area contributed by atoms with Crippen molar-refractivity contribution in [2.75, 3.05) is 18.4 Å². The summed E-state index contributed by atoms with van der Waals surface area (Å²) in [5, 5.41) is 5.23. The highest BCUT2D eigenvalue weighted by Crippen LogP contribution is 2.14. The number of hydrogen-bond donors (Lipinski definition) is 3. The van der Waals surface area contributed by atoms with Crippen LogP contribution < -0.4 is 16.4 Å². The van der Waals surface area contributed by atoms with Crippen LogP contribution in [0.1, 0.15) is 44.5 Å². The van der Waals surface area contributed by atoms with E-state index in [2.05, 4.69) is 10.6 Å². The topological polar surface area (TPSA) is 105 Å². The molecule has 0 radical (unpaired) electrons. The van der Waals surface area contributed by atoms with Crippen molar-refractivity contribution in [1.29, 1.82) is 0 Å². The maximum absolute atomic E-state index is 12.4. The summed E-state index contributed by atoms with van der Waals surface area (Å²) in [5.74, 6) is -0.442. The highest BCUT2D eigenvalue weighted by molar-refractivity contribution is 5.98. The SMILES string of the molecule is CC[C@@H](C)[C@@H](NC(N)=O)C(=O)Nc1ccc(C(=O)N(CC)CC)cc1. The van der Waals surface area contributed by atoms with E-state index >= 15 is 0 Å². The number of nitrogens with two attached hydrogens (primary N) is 1. The molecule has 0 aliphatic rings. The molecule has 0 saturated heterocycles. The van der Waals surface area contributed by atoms with Gasteiger partial charge in [0.1, 0.15) is 6.04 Å². The van der Waals surface area contributed by atoms with Crippen LogP contribution in [0, 0.1) is 5.92 Å². The Morgan fingerprint density at radius 3 is 2.08 bits per heavy atom. The average molecular weight is 348 g/mol. The summed E-state index contributed by atoms with van der Waals surface area (Å²) in [5.41, 5.74) is 6.27. The Hall–Kier alpha value is -2.57. The van der Waals surface area contributed by atoms with E-state index in [1.54, 1.807) is 29.2 Å². The lowest BCUT2D eigenvalue weighted by atomic mass is 9.98. The number of hydrogen-bond acceptors (Lipinski definition) is 3. The molecule has 0 heterocycles. The minimum Gasteiger partial charge on any atom is -0.352 e. The summed E-state index contributed by atoms with van der Waals surface area (Å²) in [4.78, 5) is 37.5. The smallest absolute Gasteiger partial charge is 0.312 e. The van der Waals surface area contributed by atoms with Gasteiger partial charge < -0.3 is 21.3 Å². The third kappa shape index (κ3) is 5.77. The minimum atomic E-state index is -0.736. The lowest BCUT2D eigenvalue weighted by molar-refractivity contribution is -0.119. The summed E-state index contributed by atoms with van der Waals surface area (Å²) in [6, 6.07) is 5.26. The molecule has 2 atom stereocenters. The molecule has 138 valence electrons. The number of amides is 4. The standard InChI is InChI=1S/C18H28N4O3/c1-5-12(4)15(21-18(19)25)16(23)20-14-10-8-13(9-11-14)17(24)22(6-2)7-3/h8-12,15H,5-7H2,1-4H3,(H,20,23)(H3,19,21,25)/t12-,15-/m1/s1. The third-order valence-corrected chi connectivity index (χ3v) is 4.24. The van der Waals surface area contributed by atoms with Gasteiger partial charge in [-0.15, -0.1) is 0 Å². The Morgan fingerprint density at radius 2 is 1.64 bits per heavy atom. The predicted molar refractivity (Wildman–Crippen MR) is 98.3 cm³/mol. The van der Waals surface area contributed by atoms with Crippen LogP contribution in [0.5, 0.6) is 0 Å². The molecular formula is C18H28N4O3. The van der Waals surface area contributed by atoms with Gasteiger partial charge in [-0.25, -0.2) is 4.79 Å². The normalized spacial score (nSPS) is 12.8. The summed E-state index contributed by atoms with van der Waals surface area (Å²) in [6.07, 6.45) is 0.718. The van der Waals surface area contributed by atoms with Crippen molar-refractivity contribution in [1.82, 2.24) is 10.2 Å². The van der Waals surface area contributed by atoms with Crippen molar-refractivity contribution in [3.8, 4) is 0 Å². The number of primary amides is 1.